The van der Waals surface area contributed by atoms with Crippen molar-refractivity contribution in [3.63, 3.8) is 0 Å². The first-order valence-corrected chi connectivity index (χ1v) is 7.16. The summed E-state index contributed by atoms with van der Waals surface area (Å²) in [5.41, 5.74) is 1.28. The molecule has 0 radical (unpaired) electrons. The first-order valence-electron chi connectivity index (χ1n) is 7.16. The van der Waals surface area contributed by atoms with Crippen LogP contribution in [0.2, 0.25) is 0 Å². The van der Waals surface area contributed by atoms with Gasteiger partial charge in [0.15, 0.2) is 0 Å². The van der Waals surface area contributed by atoms with Crippen LogP contribution in [-0.2, 0) is 14.4 Å². The SMILES string of the molecule is CC(=O)Nc1cccc(NC(=O)CN2CCN(C=O)CC2)c1. The highest BCUT2D eigenvalue weighted by molar-refractivity contribution is 5.94. The van der Waals surface area contributed by atoms with E-state index in [0.29, 0.717) is 37.6 Å². The van der Waals surface area contributed by atoms with Crippen molar-refractivity contribution in [2.75, 3.05) is 43.4 Å². The molecule has 0 unspecified atom stereocenters. The number of rotatable bonds is 5. The third-order valence-electron chi connectivity index (χ3n) is 3.39. The molecule has 7 heteroatoms. The van der Waals surface area contributed by atoms with Crippen molar-refractivity contribution in [3.05, 3.63) is 24.3 Å². The Hall–Kier alpha value is -2.41. The number of piperazine rings is 1. The summed E-state index contributed by atoms with van der Waals surface area (Å²) in [6.07, 6.45) is 0.838. The fraction of sp³-hybridized carbons (Fsp3) is 0.400. The Morgan fingerprint density at radius 1 is 1.14 bits per heavy atom. The second kappa shape index (κ2) is 7.56. The minimum absolute atomic E-state index is 0.112. The summed E-state index contributed by atoms with van der Waals surface area (Å²) in [5, 5.41) is 5.48. The van der Waals surface area contributed by atoms with Crippen LogP contribution >= 0.6 is 0 Å². The number of hydrogen-bond donors (Lipinski definition) is 2. The number of nitrogens with one attached hydrogen (secondary N) is 2. The van der Waals surface area contributed by atoms with E-state index in [1.54, 1.807) is 29.2 Å². The molecular weight excluding hydrogens is 284 g/mol. The Labute approximate surface area is 129 Å². The second-order valence-corrected chi connectivity index (χ2v) is 5.23. The molecule has 7 nitrogen and oxygen atoms in total. The fourth-order valence-electron chi connectivity index (χ4n) is 2.31. The van der Waals surface area contributed by atoms with Crippen molar-refractivity contribution >= 4 is 29.6 Å². The summed E-state index contributed by atoms with van der Waals surface area (Å²) >= 11 is 0. The van der Waals surface area contributed by atoms with E-state index in [1.807, 2.05) is 4.90 Å². The Morgan fingerprint density at radius 2 is 1.77 bits per heavy atom. The van der Waals surface area contributed by atoms with E-state index >= 15 is 0 Å². The summed E-state index contributed by atoms with van der Waals surface area (Å²) in [4.78, 5) is 37.4. The number of nitrogens with zero attached hydrogens (tertiary/aromatic N) is 2. The van der Waals surface area contributed by atoms with Gasteiger partial charge in [-0.15, -0.1) is 0 Å². The van der Waals surface area contributed by atoms with E-state index in [1.165, 1.54) is 6.92 Å². The molecule has 0 aliphatic carbocycles. The molecular formula is C15H20N4O3. The zero-order valence-corrected chi connectivity index (χ0v) is 12.5. The first kappa shape index (κ1) is 16.0. The molecule has 1 aliphatic heterocycles. The topological polar surface area (TPSA) is 81.8 Å². The van der Waals surface area contributed by atoms with Crippen molar-refractivity contribution in [2.45, 2.75) is 6.92 Å². The van der Waals surface area contributed by atoms with Crippen LogP contribution in [0.3, 0.4) is 0 Å². The average Bonchev–Trinajstić information content (AvgIpc) is 2.47. The monoisotopic (exact) mass is 304 g/mol. The average molecular weight is 304 g/mol. The van der Waals surface area contributed by atoms with Crippen LogP contribution in [0.1, 0.15) is 6.92 Å². The molecule has 0 bridgehead atoms. The first-order chi connectivity index (χ1) is 10.6. The van der Waals surface area contributed by atoms with Crippen LogP contribution in [0.25, 0.3) is 0 Å². The molecule has 1 saturated heterocycles. The van der Waals surface area contributed by atoms with E-state index in [0.717, 1.165) is 6.41 Å². The molecule has 3 amide bonds. The molecule has 1 aromatic carbocycles. The molecule has 0 saturated carbocycles. The van der Waals surface area contributed by atoms with E-state index in [2.05, 4.69) is 10.6 Å². The minimum atomic E-state index is -0.156. The summed E-state index contributed by atoms with van der Waals surface area (Å²) in [7, 11) is 0. The maximum atomic E-state index is 12.0. The highest BCUT2D eigenvalue weighted by Gasteiger charge is 2.17. The number of anilines is 2. The molecule has 0 spiro atoms. The molecule has 2 N–H and O–H groups in total. The lowest BCUT2D eigenvalue weighted by Gasteiger charge is -2.31. The quantitative estimate of drug-likeness (QED) is 0.770. The third-order valence-corrected chi connectivity index (χ3v) is 3.39. The highest BCUT2D eigenvalue weighted by Crippen LogP contribution is 2.15. The van der Waals surface area contributed by atoms with Gasteiger partial charge in [-0.05, 0) is 18.2 Å². The summed E-state index contributed by atoms with van der Waals surface area (Å²) in [6.45, 7) is 4.40. The van der Waals surface area contributed by atoms with Gasteiger partial charge in [0, 0.05) is 44.5 Å². The van der Waals surface area contributed by atoms with Gasteiger partial charge in [0.2, 0.25) is 18.2 Å². The number of hydrogen-bond acceptors (Lipinski definition) is 4. The maximum Gasteiger partial charge on any atom is 0.238 e. The van der Waals surface area contributed by atoms with Gasteiger partial charge in [0.05, 0.1) is 6.54 Å². The van der Waals surface area contributed by atoms with E-state index in [9.17, 15) is 14.4 Å². The summed E-state index contributed by atoms with van der Waals surface area (Å²) < 4.78 is 0. The smallest absolute Gasteiger partial charge is 0.238 e. The standard InChI is InChI=1S/C15H20N4O3/c1-12(21)16-13-3-2-4-14(9-13)17-15(22)10-18-5-7-19(11-20)8-6-18/h2-4,9,11H,5-8,10H2,1H3,(H,16,21)(H,17,22). The zero-order valence-electron chi connectivity index (χ0n) is 12.5. The van der Waals surface area contributed by atoms with Crippen LogP contribution in [0.15, 0.2) is 24.3 Å². The second-order valence-electron chi connectivity index (χ2n) is 5.23. The number of carbonyl (C=O) groups excluding carboxylic acids is 3. The van der Waals surface area contributed by atoms with E-state index < -0.39 is 0 Å². The van der Waals surface area contributed by atoms with Gasteiger partial charge in [-0.1, -0.05) is 6.07 Å². The predicted octanol–water partition coefficient (Wildman–Crippen LogP) is 0.357. The van der Waals surface area contributed by atoms with Crippen molar-refractivity contribution < 1.29 is 14.4 Å². The van der Waals surface area contributed by atoms with Crippen molar-refractivity contribution in [1.29, 1.82) is 0 Å². The lowest BCUT2D eigenvalue weighted by molar-refractivity contribution is -0.121. The van der Waals surface area contributed by atoms with Crippen molar-refractivity contribution in [3.8, 4) is 0 Å². The van der Waals surface area contributed by atoms with Gasteiger partial charge in [0.1, 0.15) is 0 Å². The zero-order chi connectivity index (χ0) is 15.9. The Morgan fingerprint density at radius 3 is 2.36 bits per heavy atom. The molecule has 0 aromatic heterocycles. The van der Waals surface area contributed by atoms with Gasteiger partial charge in [-0.3, -0.25) is 19.3 Å². The molecule has 0 atom stereocenters. The molecule has 22 heavy (non-hydrogen) atoms. The van der Waals surface area contributed by atoms with Gasteiger partial charge < -0.3 is 15.5 Å². The summed E-state index contributed by atoms with van der Waals surface area (Å²) in [5.74, 6) is -0.268. The van der Waals surface area contributed by atoms with Crippen LogP contribution < -0.4 is 10.6 Å². The van der Waals surface area contributed by atoms with E-state index in [4.69, 9.17) is 0 Å². The van der Waals surface area contributed by atoms with E-state index in [-0.39, 0.29) is 18.4 Å². The number of carbonyl (C=O) groups is 3. The lowest BCUT2D eigenvalue weighted by atomic mass is 10.2. The van der Waals surface area contributed by atoms with Crippen LogP contribution in [0.5, 0.6) is 0 Å². The molecule has 1 heterocycles. The Bertz CT molecular complexity index is 553. The van der Waals surface area contributed by atoms with Gasteiger partial charge >= 0.3 is 0 Å². The third kappa shape index (κ3) is 4.85. The normalized spacial score (nSPS) is 15.2. The molecule has 118 valence electrons. The highest BCUT2D eigenvalue weighted by atomic mass is 16.2. The predicted molar refractivity (Wildman–Crippen MR) is 83.5 cm³/mol. The van der Waals surface area contributed by atoms with Crippen molar-refractivity contribution in [1.82, 2.24) is 9.80 Å². The van der Waals surface area contributed by atoms with Crippen LogP contribution in [0.4, 0.5) is 11.4 Å². The summed E-state index contributed by atoms with van der Waals surface area (Å²) in [6, 6.07) is 7.01. The molecule has 1 aliphatic rings. The molecule has 2 rings (SSSR count). The number of benzene rings is 1. The van der Waals surface area contributed by atoms with Crippen molar-refractivity contribution in [2.24, 2.45) is 0 Å². The number of amides is 3. The lowest BCUT2D eigenvalue weighted by Crippen LogP contribution is -2.48. The maximum absolute atomic E-state index is 12.0. The molecule has 1 fully saturated rings. The Balaban J connectivity index is 1.84. The Kier molecular flexibility index (Phi) is 5.48. The van der Waals surface area contributed by atoms with Crippen LogP contribution in [-0.4, -0.2) is 60.7 Å². The fourth-order valence-corrected chi connectivity index (χ4v) is 2.31. The largest absolute Gasteiger partial charge is 0.343 e. The van der Waals surface area contributed by atoms with Gasteiger partial charge in [0.25, 0.3) is 0 Å². The molecule has 1 aromatic rings. The van der Waals surface area contributed by atoms with Gasteiger partial charge in [-0.25, -0.2) is 0 Å². The van der Waals surface area contributed by atoms with Crippen LogP contribution in [0, 0.1) is 0 Å². The minimum Gasteiger partial charge on any atom is -0.343 e. The van der Waals surface area contributed by atoms with Gasteiger partial charge in [-0.2, -0.15) is 0 Å².